The maximum atomic E-state index is 12.6. The molecule has 0 spiro atoms. The predicted octanol–water partition coefficient (Wildman–Crippen LogP) is 1.02. The zero-order valence-electron chi connectivity index (χ0n) is 16.8. The lowest BCUT2D eigenvalue weighted by atomic mass is 10.2. The van der Waals surface area contributed by atoms with E-state index in [1.807, 2.05) is 30.3 Å². The Bertz CT molecular complexity index is 1050. The van der Waals surface area contributed by atoms with Crippen LogP contribution >= 0.6 is 0 Å². The zero-order chi connectivity index (χ0) is 20.3. The summed E-state index contributed by atoms with van der Waals surface area (Å²) in [7, 11) is 3.10. The van der Waals surface area contributed by atoms with E-state index in [0.29, 0.717) is 30.9 Å². The third-order valence-electron chi connectivity index (χ3n) is 4.63. The second kappa shape index (κ2) is 8.53. The van der Waals surface area contributed by atoms with E-state index in [4.69, 9.17) is 4.74 Å². The summed E-state index contributed by atoms with van der Waals surface area (Å²) in [6, 6.07) is 10.2. The van der Waals surface area contributed by atoms with Gasteiger partial charge in [0.05, 0.1) is 19.5 Å². The Balaban J connectivity index is 1.81. The predicted molar refractivity (Wildman–Crippen MR) is 108 cm³/mol. The van der Waals surface area contributed by atoms with Gasteiger partial charge in [0, 0.05) is 32.7 Å². The number of ether oxygens (including phenoxy) is 1. The van der Waals surface area contributed by atoms with Crippen LogP contribution in [0.1, 0.15) is 19.4 Å². The molecule has 1 aromatic carbocycles. The van der Waals surface area contributed by atoms with Gasteiger partial charge < -0.3 is 14.6 Å². The molecule has 1 unspecified atom stereocenters. The van der Waals surface area contributed by atoms with Crippen molar-refractivity contribution < 1.29 is 4.74 Å². The van der Waals surface area contributed by atoms with Crippen LogP contribution in [-0.2, 0) is 32.0 Å². The molecule has 3 rings (SSSR count). The Hall–Kier alpha value is -2.71. The molecule has 1 atom stereocenters. The summed E-state index contributed by atoms with van der Waals surface area (Å²) >= 11 is 0. The summed E-state index contributed by atoms with van der Waals surface area (Å²) in [5.74, 6) is 0. The number of imidazole rings is 1. The van der Waals surface area contributed by atoms with Crippen LogP contribution < -0.4 is 16.6 Å². The van der Waals surface area contributed by atoms with Crippen molar-refractivity contribution >= 4 is 11.2 Å². The first kappa shape index (κ1) is 20.0. The highest BCUT2D eigenvalue weighted by Crippen LogP contribution is 2.08. The van der Waals surface area contributed by atoms with E-state index in [2.05, 4.69) is 24.1 Å². The molecule has 0 bridgehead atoms. The smallest absolute Gasteiger partial charge is 0.332 e. The first-order valence-electron chi connectivity index (χ1n) is 9.37. The molecule has 8 nitrogen and oxygen atoms in total. The summed E-state index contributed by atoms with van der Waals surface area (Å²) in [6.45, 7) is 5.66. The van der Waals surface area contributed by atoms with Gasteiger partial charge in [0.1, 0.15) is 0 Å². The number of aromatic nitrogens is 4. The molecule has 0 aliphatic carbocycles. The van der Waals surface area contributed by atoms with Crippen LogP contribution in [0.2, 0.25) is 0 Å². The molecule has 0 radical (unpaired) electrons. The summed E-state index contributed by atoms with van der Waals surface area (Å²) in [6.07, 6.45) is 1.61. The monoisotopic (exact) mass is 385 g/mol. The standard InChI is InChI=1S/C20H27N5O3/c1-14(2)22-16(12-28-11-15-8-6-5-7-9-15)10-25-13-21-18-17(25)19(26)24(4)20(27)23(18)3/h5-9,13-14,16,22H,10-12H2,1-4H3. The minimum Gasteiger partial charge on any atom is -0.375 e. The van der Waals surface area contributed by atoms with E-state index in [9.17, 15) is 9.59 Å². The van der Waals surface area contributed by atoms with Gasteiger partial charge in [0.2, 0.25) is 0 Å². The van der Waals surface area contributed by atoms with E-state index in [1.54, 1.807) is 17.9 Å². The molecule has 3 aromatic rings. The number of hydrogen-bond acceptors (Lipinski definition) is 5. The van der Waals surface area contributed by atoms with Crippen LogP contribution in [0.5, 0.6) is 0 Å². The highest BCUT2D eigenvalue weighted by Gasteiger charge is 2.18. The van der Waals surface area contributed by atoms with Crippen molar-refractivity contribution in [3.8, 4) is 0 Å². The third-order valence-corrected chi connectivity index (χ3v) is 4.63. The van der Waals surface area contributed by atoms with Gasteiger partial charge in [0.25, 0.3) is 5.56 Å². The number of nitrogens with zero attached hydrogens (tertiary/aromatic N) is 4. The molecule has 0 saturated heterocycles. The van der Waals surface area contributed by atoms with E-state index < -0.39 is 0 Å². The van der Waals surface area contributed by atoms with Crippen molar-refractivity contribution in [1.82, 2.24) is 24.0 Å². The van der Waals surface area contributed by atoms with Crippen LogP contribution in [0.4, 0.5) is 0 Å². The first-order chi connectivity index (χ1) is 13.4. The van der Waals surface area contributed by atoms with Gasteiger partial charge in [-0.15, -0.1) is 0 Å². The van der Waals surface area contributed by atoms with E-state index in [1.165, 1.54) is 11.6 Å². The highest BCUT2D eigenvalue weighted by molar-refractivity contribution is 5.69. The van der Waals surface area contributed by atoms with Crippen molar-refractivity contribution in [2.24, 2.45) is 14.1 Å². The average Bonchev–Trinajstić information content (AvgIpc) is 3.08. The molecule has 2 heterocycles. The largest absolute Gasteiger partial charge is 0.375 e. The minimum atomic E-state index is -0.384. The molecule has 8 heteroatoms. The number of aryl methyl sites for hydroxylation is 1. The Morgan fingerprint density at radius 3 is 2.50 bits per heavy atom. The maximum Gasteiger partial charge on any atom is 0.332 e. The number of benzene rings is 1. The summed E-state index contributed by atoms with van der Waals surface area (Å²) < 4.78 is 10.2. The van der Waals surface area contributed by atoms with Crippen molar-refractivity contribution in [2.75, 3.05) is 6.61 Å². The topological polar surface area (TPSA) is 83.1 Å². The van der Waals surface area contributed by atoms with Crippen LogP contribution in [0.25, 0.3) is 11.2 Å². The molecule has 0 amide bonds. The fraction of sp³-hybridized carbons (Fsp3) is 0.450. The number of fused-ring (bicyclic) bond motifs is 1. The van der Waals surface area contributed by atoms with Crippen molar-refractivity contribution in [1.29, 1.82) is 0 Å². The van der Waals surface area contributed by atoms with Crippen molar-refractivity contribution in [2.45, 2.75) is 39.1 Å². The fourth-order valence-corrected chi connectivity index (χ4v) is 3.29. The second-order valence-electron chi connectivity index (χ2n) is 7.29. The molecular weight excluding hydrogens is 358 g/mol. The van der Waals surface area contributed by atoms with Gasteiger partial charge in [-0.05, 0) is 5.56 Å². The lowest BCUT2D eigenvalue weighted by Gasteiger charge is -2.22. The molecule has 1 N–H and O–H groups in total. The third kappa shape index (κ3) is 4.23. The van der Waals surface area contributed by atoms with E-state index >= 15 is 0 Å². The van der Waals surface area contributed by atoms with E-state index in [-0.39, 0.29) is 23.3 Å². The molecular formula is C20H27N5O3. The number of nitrogens with one attached hydrogen (secondary N) is 1. The molecule has 0 saturated carbocycles. The summed E-state index contributed by atoms with van der Waals surface area (Å²) in [5.41, 5.74) is 1.20. The Morgan fingerprint density at radius 1 is 1.11 bits per heavy atom. The SMILES string of the molecule is CC(C)NC(COCc1ccccc1)Cn1cnc2c1c(=O)n(C)c(=O)n2C. The normalized spacial score (nSPS) is 12.8. The second-order valence-corrected chi connectivity index (χ2v) is 7.29. The van der Waals surface area contributed by atoms with Gasteiger partial charge in [0.15, 0.2) is 11.2 Å². The molecule has 2 aromatic heterocycles. The van der Waals surface area contributed by atoms with E-state index in [0.717, 1.165) is 10.1 Å². The molecule has 150 valence electrons. The Labute approximate surface area is 163 Å². The lowest BCUT2D eigenvalue weighted by Crippen LogP contribution is -2.42. The summed E-state index contributed by atoms with van der Waals surface area (Å²) in [5, 5.41) is 3.48. The number of rotatable bonds is 8. The fourth-order valence-electron chi connectivity index (χ4n) is 3.29. The average molecular weight is 385 g/mol. The molecule has 0 fully saturated rings. The van der Waals surface area contributed by atoms with Crippen LogP contribution in [0.15, 0.2) is 46.2 Å². The summed E-state index contributed by atoms with van der Waals surface area (Å²) in [4.78, 5) is 29.0. The zero-order valence-corrected chi connectivity index (χ0v) is 16.8. The lowest BCUT2D eigenvalue weighted by molar-refractivity contribution is 0.0917. The van der Waals surface area contributed by atoms with Crippen LogP contribution in [0, 0.1) is 0 Å². The highest BCUT2D eigenvalue weighted by atomic mass is 16.5. The van der Waals surface area contributed by atoms with Crippen molar-refractivity contribution in [3.05, 3.63) is 63.1 Å². The number of hydrogen-bond donors (Lipinski definition) is 1. The molecule has 0 aliphatic heterocycles. The van der Waals surface area contributed by atoms with Crippen LogP contribution in [0.3, 0.4) is 0 Å². The van der Waals surface area contributed by atoms with Crippen molar-refractivity contribution in [3.63, 3.8) is 0 Å². The van der Waals surface area contributed by atoms with Gasteiger partial charge in [-0.3, -0.25) is 13.9 Å². The quantitative estimate of drug-likeness (QED) is 0.626. The Morgan fingerprint density at radius 2 is 1.82 bits per heavy atom. The van der Waals surface area contributed by atoms with Gasteiger partial charge >= 0.3 is 5.69 Å². The Kier molecular flexibility index (Phi) is 6.11. The van der Waals surface area contributed by atoms with Gasteiger partial charge in [-0.2, -0.15) is 0 Å². The molecule has 0 aliphatic rings. The van der Waals surface area contributed by atoms with Gasteiger partial charge in [-0.25, -0.2) is 9.78 Å². The first-order valence-corrected chi connectivity index (χ1v) is 9.37. The van der Waals surface area contributed by atoms with Crippen LogP contribution in [-0.4, -0.2) is 37.4 Å². The molecule has 28 heavy (non-hydrogen) atoms. The maximum absolute atomic E-state index is 12.6. The minimum absolute atomic E-state index is 0.0111. The van der Waals surface area contributed by atoms with Gasteiger partial charge in [-0.1, -0.05) is 44.2 Å².